The van der Waals surface area contributed by atoms with E-state index in [9.17, 15) is 22.8 Å². The van der Waals surface area contributed by atoms with Gasteiger partial charge in [-0.2, -0.15) is 18.3 Å². The number of rotatable bonds is 4. The summed E-state index contributed by atoms with van der Waals surface area (Å²) in [7, 11) is 1.26. The van der Waals surface area contributed by atoms with Crippen LogP contribution in [0.25, 0.3) is 0 Å². The zero-order valence-corrected chi connectivity index (χ0v) is 14.1. The molecule has 136 valence electrons. The van der Waals surface area contributed by atoms with Crippen LogP contribution in [-0.4, -0.2) is 33.3 Å². The molecule has 1 amide bonds. The molecule has 0 aliphatic heterocycles. The lowest BCUT2D eigenvalue weighted by molar-refractivity contribution is -0.147. The molecular formula is C15H15ClF3N3O3. The van der Waals surface area contributed by atoms with Crippen molar-refractivity contribution in [2.75, 3.05) is 6.61 Å². The molecule has 2 rings (SSSR count). The number of hydrogen-bond donors (Lipinski definition) is 1. The number of allylic oxidation sites excluding steroid dienone is 2. The average Bonchev–Trinajstić information content (AvgIpc) is 2.90. The van der Waals surface area contributed by atoms with Crippen molar-refractivity contribution in [3.63, 3.8) is 0 Å². The zero-order chi connectivity index (χ0) is 18.8. The first-order chi connectivity index (χ1) is 11.6. The summed E-state index contributed by atoms with van der Waals surface area (Å²) >= 11 is 6.31. The van der Waals surface area contributed by atoms with Crippen molar-refractivity contribution in [1.29, 1.82) is 0 Å². The summed E-state index contributed by atoms with van der Waals surface area (Å²) in [4.78, 5) is 22.6. The first-order valence-corrected chi connectivity index (χ1v) is 7.61. The van der Waals surface area contributed by atoms with Crippen LogP contribution in [0.3, 0.4) is 0 Å². The van der Waals surface area contributed by atoms with Gasteiger partial charge in [-0.15, -0.1) is 0 Å². The summed E-state index contributed by atoms with van der Waals surface area (Å²) in [6.07, 6.45) is 1.82. The monoisotopic (exact) mass is 377 g/mol. The number of aryl methyl sites for hydroxylation is 1. The van der Waals surface area contributed by atoms with E-state index in [4.69, 9.17) is 16.3 Å². The summed E-state index contributed by atoms with van der Waals surface area (Å²) < 4.78 is 44.8. The summed E-state index contributed by atoms with van der Waals surface area (Å²) in [6, 6.07) is 0. The third kappa shape index (κ3) is 4.04. The molecule has 0 bridgehead atoms. The zero-order valence-electron chi connectivity index (χ0n) is 13.3. The second-order valence-electron chi connectivity index (χ2n) is 5.26. The maximum absolute atomic E-state index is 13.0. The molecule has 1 heterocycles. The van der Waals surface area contributed by atoms with Crippen LogP contribution in [0.2, 0.25) is 0 Å². The van der Waals surface area contributed by atoms with Gasteiger partial charge in [0.2, 0.25) is 0 Å². The Morgan fingerprint density at radius 1 is 1.44 bits per heavy atom. The molecule has 1 aromatic heterocycles. The molecule has 1 aliphatic rings. The van der Waals surface area contributed by atoms with Gasteiger partial charge in [0.1, 0.15) is 5.92 Å². The third-order valence-corrected chi connectivity index (χ3v) is 3.85. The number of aromatic nitrogens is 2. The molecule has 0 spiro atoms. The minimum Gasteiger partial charge on any atom is -0.465 e. The maximum atomic E-state index is 13.0. The molecule has 0 radical (unpaired) electrons. The van der Waals surface area contributed by atoms with Gasteiger partial charge in [0, 0.05) is 13.2 Å². The van der Waals surface area contributed by atoms with E-state index in [1.54, 1.807) is 6.92 Å². The Labute approximate surface area is 146 Å². The van der Waals surface area contributed by atoms with Crippen LogP contribution in [0.15, 0.2) is 30.5 Å². The van der Waals surface area contributed by atoms with Crippen molar-refractivity contribution in [1.82, 2.24) is 15.1 Å². The molecule has 0 aromatic carbocycles. The quantitative estimate of drug-likeness (QED) is 0.497. The van der Waals surface area contributed by atoms with Gasteiger partial charge in [-0.25, -0.2) is 0 Å². The Hall–Kier alpha value is -2.29. The van der Waals surface area contributed by atoms with Crippen LogP contribution < -0.4 is 5.32 Å². The fourth-order valence-electron chi connectivity index (χ4n) is 2.32. The van der Waals surface area contributed by atoms with Crippen LogP contribution >= 0.6 is 11.6 Å². The Bertz CT molecular complexity index is 742. The van der Waals surface area contributed by atoms with Gasteiger partial charge in [0.25, 0.3) is 5.91 Å². The van der Waals surface area contributed by atoms with Gasteiger partial charge in [-0.3, -0.25) is 14.3 Å². The number of esters is 1. The highest BCUT2D eigenvalue weighted by molar-refractivity contribution is 6.28. The van der Waals surface area contributed by atoms with Gasteiger partial charge in [-0.1, -0.05) is 29.8 Å². The topological polar surface area (TPSA) is 73.2 Å². The minimum absolute atomic E-state index is 0.0919. The summed E-state index contributed by atoms with van der Waals surface area (Å²) in [6.45, 7) is 1.69. The Kier molecular flexibility index (Phi) is 5.26. The van der Waals surface area contributed by atoms with Crippen molar-refractivity contribution >= 4 is 23.5 Å². The predicted octanol–water partition coefficient (Wildman–Crippen LogP) is 2.41. The normalized spacial score (nSPS) is 22.7. The first kappa shape index (κ1) is 19.0. The van der Waals surface area contributed by atoms with Crippen LogP contribution in [0, 0.1) is 5.92 Å². The Morgan fingerprint density at radius 3 is 2.72 bits per heavy atom. The molecule has 0 saturated heterocycles. The van der Waals surface area contributed by atoms with Crippen molar-refractivity contribution < 1.29 is 27.5 Å². The second-order valence-corrected chi connectivity index (χ2v) is 5.88. The smallest absolute Gasteiger partial charge is 0.435 e. The summed E-state index contributed by atoms with van der Waals surface area (Å²) in [5.74, 6) is -2.90. The number of carbonyl (C=O) groups is 2. The molecule has 0 fully saturated rings. The fourth-order valence-corrected chi connectivity index (χ4v) is 2.64. The largest absolute Gasteiger partial charge is 0.465 e. The van der Waals surface area contributed by atoms with Crippen molar-refractivity contribution in [2.45, 2.75) is 18.1 Å². The number of nitrogens with zero attached hydrogens (tertiary/aromatic N) is 2. The lowest BCUT2D eigenvalue weighted by atomic mass is 9.94. The molecule has 2 unspecified atom stereocenters. The Balaban J connectivity index is 2.31. The van der Waals surface area contributed by atoms with Gasteiger partial charge in [0.15, 0.2) is 10.7 Å². The number of hydrogen-bond acceptors (Lipinski definition) is 4. The molecule has 0 saturated carbocycles. The number of nitrogens with one attached hydrogen (secondary N) is 1. The minimum atomic E-state index is -4.81. The van der Waals surface area contributed by atoms with Crippen molar-refractivity contribution in [2.24, 2.45) is 13.0 Å². The molecule has 1 aliphatic carbocycles. The average molecular weight is 378 g/mol. The van der Waals surface area contributed by atoms with Crippen LogP contribution in [0.5, 0.6) is 0 Å². The fraction of sp³-hybridized carbons (Fsp3) is 0.400. The number of alkyl halides is 4. The van der Waals surface area contributed by atoms with E-state index in [0.717, 1.165) is 10.9 Å². The highest BCUT2D eigenvalue weighted by atomic mass is 35.5. The molecule has 2 atom stereocenters. The number of halogens is 4. The standard InChI is InChI=1S/C15H15ClF3N3O3/c1-3-25-13(24)10-6-4-5-7-14(10,16)20-12(23)9-8-22(2)21-11(9)15(17,18)19/h4-8,10H,3H2,1-2H3,(H,20,23). The maximum Gasteiger partial charge on any atom is 0.435 e. The van der Waals surface area contributed by atoms with E-state index in [1.165, 1.54) is 31.4 Å². The highest BCUT2D eigenvalue weighted by Gasteiger charge is 2.44. The van der Waals surface area contributed by atoms with Gasteiger partial charge in [0.05, 0.1) is 12.2 Å². The van der Waals surface area contributed by atoms with Crippen molar-refractivity contribution in [3.8, 4) is 0 Å². The number of amides is 1. The third-order valence-electron chi connectivity index (χ3n) is 3.39. The highest BCUT2D eigenvalue weighted by Crippen LogP contribution is 2.33. The first-order valence-electron chi connectivity index (χ1n) is 7.23. The molecule has 10 heteroatoms. The number of carbonyl (C=O) groups excluding carboxylic acids is 2. The van der Waals surface area contributed by atoms with Gasteiger partial charge in [-0.05, 0) is 13.0 Å². The SMILES string of the molecule is CCOC(=O)C1C=CC=CC1(Cl)NC(=O)c1cn(C)nc1C(F)(F)F. The molecule has 1 N–H and O–H groups in total. The molecule has 25 heavy (non-hydrogen) atoms. The van der Waals surface area contributed by atoms with Crippen LogP contribution in [0.4, 0.5) is 13.2 Å². The summed E-state index contributed by atoms with van der Waals surface area (Å²) in [5.41, 5.74) is -2.03. The van der Waals surface area contributed by atoms with E-state index >= 15 is 0 Å². The van der Waals surface area contributed by atoms with E-state index in [0.29, 0.717) is 0 Å². The van der Waals surface area contributed by atoms with E-state index in [-0.39, 0.29) is 6.61 Å². The van der Waals surface area contributed by atoms with E-state index in [2.05, 4.69) is 10.4 Å². The second kappa shape index (κ2) is 6.91. The van der Waals surface area contributed by atoms with Gasteiger partial charge >= 0.3 is 12.1 Å². The van der Waals surface area contributed by atoms with Crippen molar-refractivity contribution in [3.05, 3.63) is 41.8 Å². The number of ether oxygens (including phenoxy) is 1. The molecule has 6 nitrogen and oxygen atoms in total. The lowest BCUT2D eigenvalue weighted by Crippen LogP contribution is -2.51. The molecule has 1 aromatic rings. The van der Waals surface area contributed by atoms with E-state index < -0.39 is 40.2 Å². The lowest BCUT2D eigenvalue weighted by Gasteiger charge is -2.32. The predicted molar refractivity (Wildman–Crippen MR) is 82.7 cm³/mol. The Morgan fingerprint density at radius 2 is 2.12 bits per heavy atom. The van der Waals surface area contributed by atoms with E-state index in [1.807, 2.05) is 0 Å². The van der Waals surface area contributed by atoms with Crippen LogP contribution in [0.1, 0.15) is 23.0 Å². The van der Waals surface area contributed by atoms with Crippen LogP contribution in [-0.2, 0) is 22.8 Å². The van der Waals surface area contributed by atoms with Gasteiger partial charge < -0.3 is 10.1 Å². The summed E-state index contributed by atoms with van der Waals surface area (Å²) in [5, 5.41) is 5.53. The molecular weight excluding hydrogens is 363 g/mol.